The van der Waals surface area contributed by atoms with Gasteiger partial charge in [-0.2, -0.15) is 0 Å². The first-order valence-corrected chi connectivity index (χ1v) is 10.4. The molecule has 2 aromatic rings. The fourth-order valence-electron chi connectivity index (χ4n) is 4.05. The highest BCUT2D eigenvalue weighted by Crippen LogP contribution is 2.19. The van der Waals surface area contributed by atoms with Crippen LogP contribution in [0.3, 0.4) is 0 Å². The highest BCUT2D eigenvalue weighted by molar-refractivity contribution is 6.04. The molecule has 0 aliphatic carbocycles. The van der Waals surface area contributed by atoms with Gasteiger partial charge in [-0.25, -0.2) is 4.39 Å². The van der Waals surface area contributed by atoms with Gasteiger partial charge >= 0.3 is 0 Å². The first-order valence-electron chi connectivity index (χ1n) is 10.4. The normalized spacial score (nSPS) is 20.7. The Hall–Kier alpha value is -2.28. The molecule has 0 saturated carbocycles. The lowest BCUT2D eigenvalue weighted by Gasteiger charge is -2.35. The molecule has 2 saturated heterocycles. The topological polar surface area (TPSA) is 53.6 Å². The van der Waals surface area contributed by atoms with Crippen molar-refractivity contribution in [3.8, 4) is 0 Å². The number of nitrogens with one attached hydrogen (secondary N) is 2. The zero-order valence-corrected chi connectivity index (χ0v) is 16.6. The lowest BCUT2D eigenvalue weighted by atomic mass is 10.0. The Morgan fingerprint density at radius 2 is 1.76 bits per heavy atom. The quantitative estimate of drug-likeness (QED) is 0.784. The van der Waals surface area contributed by atoms with E-state index in [-0.39, 0.29) is 11.7 Å². The van der Waals surface area contributed by atoms with Crippen LogP contribution < -0.4 is 10.6 Å². The maximum absolute atomic E-state index is 13.0. The number of carbonyl (C=O) groups is 1. The van der Waals surface area contributed by atoms with E-state index in [0.717, 1.165) is 51.3 Å². The molecule has 1 unspecified atom stereocenters. The van der Waals surface area contributed by atoms with Crippen molar-refractivity contribution in [1.29, 1.82) is 0 Å². The molecule has 2 aliphatic heterocycles. The van der Waals surface area contributed by atoms with E-state index in [4.69, 9.17) is 4.74 Å². The molecule has 1 atom stereocenters. The summed E-state index contributed by atoms with van der Waals surface area (Å²) >= 11 is 0. The average molecular weight is 397 g/mol. The van der Waals surface area contributed by atoms with E-state index in [0.29, 0.717) is 23.3 Å². The molecule has 6 heteroatoms. The number of hydrogen-bond acceptors (Lipinski definition) is 4. The third kappa shape index (κ3) is 5.41. The molecule has 1 amide bonds. The Morgan fingerprint density at radius 3 is 2.41 bits per heavy atom. The summed E-state index contributed by atoms with van der Waals surface area (Å²) in [4.78, 5) is 14.9. The molecule has 2 fully saturated rings. The Kier molecular flexibility index (Phi) is 6.54. The van der Waals surface area contributed by atoms with Crippen molar-refractivity contribution in [2.45, 2.75) is 37.9 Å². The minimum atomic E-state index is -0.321. The zero-order valence-electron chi connectivity index (χ0n) is 16.6. The van der Waals surface area contributed by atoms with Gasteiger partial charge < -0.3 is 15.4 Å². The van der Waals surface area contributed by atoms with Crippen LogP contribution in [0.15, 0.2) is 48.5 Å². The summed E-state index contributed by atoms with van der Waals surface area (Å²) in [5.41, 5.74) is 2.33. The smallest absolute Gasteiger partial charge is 0.255 e. The molecule has 0 radical (unpaired) electrons. The zero-order chi connectivity index (χ0) is 20.1. The van der Waals surface area contributed by atoms with Crippen LogP contribution in [0.1, 0.15) is 35.2 Å². The minimum absolute atomic E-state index is 0.195. The Balaban J connectivity index is 1.22. The van der Waals surface area contributed by atoms with Crippen LogP contribution in [0.2, 0.25) is 0 Å². The van der Waals surface area contributed by atoms with Gasteiger partial charge in [-0.05, 0) is 61.2 Å². The average Bonchev–Trinajstić information content (AvgIpc) is 3.29. The number of piperidine rings is 1. The van der Waals surface area contributed by atoms with Gasteiger partial charge in [-0.3, -0.25) is 9.69 Å². The van der Waals surface area contributed by atoms with E-state index in [2.05, 4.69) is 15.5 Å². The molecule has 2 aliphatic rings. The number of anilines is 1. The number of amides is 1. The fourth-order valence-corrected chi connectivity index (χ4v) is 4.05. The molecular weight excluding hydrogens is 369 g/mol. The predicted octanol–water partition coefficient (Wildman–Crippen LogP) is 3.42. The Bertz CT molecular complexity index is 796. The van der Waals surface area contributed by atoms with Crippen molar-refractivity contribution in [1.82, 2.24) is 10.2 Å². The number of ether oxygens (including phenoxy) is 1. The molecule has 29 heavy (non-hydrogen) atoms. The van der Waals surface area contributed by atoms with Crippen LogP contribution in [-0.2, 0) is 11.3 Å². The van der Waals surface area contributed by atoms with Gasteiger partial charge in [0.1, 0.15) is 5.82 Å². The number of benzene rings is 2. The molecule has 2 heterocycles. The van der Waals surface area contributed by atoms with Gasteiger partial charge in [-0.1, -0.05) is 12.1 Å². The van der Waals surface area contributed by atoms with Crippen molar-refractivity contribution < 1.29 is 13.9 Å². The second kappa shape index (κ2) is 9.48. The van der Waals surface area contributed by atoms with Gasteiger partial charge in [0, 0.05) is 49.6 Å². The Labute approximate surface area is 171 Å². The number of halogens is 1. The first-order chi connectivity index (χ1) is 14.2. The van der Waals surface area contributed by atoms with Gasteiger partial charge in [0.25, 0.3) is 5.91 Å². The number of carbonyl (C=O) groups excluding carboxylic acids is 1. The molecule has 4 rings (SSSR count). The van der Waals surface area contributed by atoms with Gasteiger partial charge in [-0.15, -0.1) is 0 Å². The molecule has 0 aromatic heterocycles. The molecule has 0 spiro atoms. The van der Waals surface area contributed by atoms with E-state index in [1.807, 2.05) is 24.3 Å². The molecular formula is C23H28FN3O2. The van der Waals surface area contributed by atoms with E-state index in [1.54, 1.807) is 12.1 Å². The van der Waals surface area contributed by atoms with Crippen LogP contribution >= 0.6 is 0 Å². The highest BCUT2D eigenvalue weighted by atomic mass is 19.1. The molecule has 2 N–H and O–H groups in total. The summed E-state index contributed by atoms with van der Waals surface area (Å²) < 4.78 is 18.5. The Morgan fingerprint density at radius 1 is 1.03 bits per heavy atom. The summed E-state index contributed by atoms with van der Waals surface area (Å²) in [7, 11) is 0. The van der Waals surface area contributed by atoms with Gasteiger partial charge in [0.05, 0.1) is 6.61 Å². The first kappa shape index (κ1) is 20.0. The number of likely N-dealkylation sites (tertiary alicyclic amines) is 1. The van der Waals surface area contributed by atoms with Crippen molar-refractivity contribution in [2.24, 2.45) is 0 Å². The van der Waals surface area contributed by atoms with E-state index < -0.39 is 0 Å². The lowest BCUT2D eigenvalue weighted by Crippen LogP contribution is -2.46. The van der Waals surface area contributed by atoms with Crippen molar-refractivity contribution in [2.75, 3.05) is 31.6 Å². The van der Waals surface area contributed by atoms with E-state index in [9.17, 15) is 9.18 Å². The van der Waals surface area contributed by atoms with Crippen LogP contribution in [0.4, 0.5) is 10.1 Å². The number of hydrogen-bond donors (Lipinski definition) is 2. The maximum Gasteiger partial charge on any atom is 0.255 e. The van der Waals surface area contributed by atoms with Gasteiger partial charge in [0.15, 0.2) is 0 Å². The predicted molar refractivity (Wildman–Crippen MR) is 111 cm³/mol. The number of rotatable bonds is 6. The third-order valence-corrected chi connectivity index (χ3v) is 5.86. The largest absolute Gasteiger partial charge is 0.380 e. The second-order valence-electron chi connectivity index (χ2n) is 7.87. The SMILES string of the molecule is O=C(Nc1ccc(F)cc1)c1ccc(CNC2CCN(C3CCOC3)CC2)cc1. The lowest BCUT2D eigenvalue weighted by molar-refractivity contribution is 0.102. The van der Waals surface area contributed by atoms with Crippen LogP contribution in [-0.4, -0.2) is 49.2 Å². The summed E-state index contributed by atoms with van der Waals surface area (Å²) in [6, 6.07) is 14.5. The van der Waals surface area contributed by atoms with Crippen LogP contribution in [0.25, 0.3) is 0 Å². The molecule has 2 aromatic carbocycles. The van der Waals surface area contributed by atoms with Crippen LogP contribution in [0.5, 0.6) is 0 Å². The maximum atomic E-state index is 13.0. The summed E-state index contributed by atoms with van der Waals surface area (Å²) in [6.07, 6.45) is 3.49. The summed E-state index contributed by atoms with van der Waals surface area (Å²) in [5.74, 6) is -0.516. The van der Waals surface area contributed by atoms with Crippen molar-refractivity contribution in [3.05, 3.63) is 65.5 Å². The second-order valence-corrected chi connectivity index (χ2v) is 7.87. The van der Waals surface area contributed by atoms with Crippen LogP contribution in [0, 0.1) is 5.82 Å². The minimum Gasteiger partial charge on any atom is -0.380 e. The third-order valence-electron chi connectivity index (χ3n) is 5.86. The molecule has 0 bridgehead atoms. The van der Waals surface area contributed by atoms with Gasteiger partial charge in [0.2, 0.25) is 0 Å². The molecule has 154 valence electrons. The summed E-state index contributed by atoms with van der Waals surface area (Å²) in [5, 5.41) is 6.43. The van der Waals surface area contributed by atoms with E-state index in [1.165, 1.54) is 18.6 Å². The van der Waals surface area contributed by atoms with Crippen molar-refractivity contribution >= 4 is 11.6 Å². The monoisotopic (exact) mass is 397 g/mol. The summed E-state index contributed by atoms with van der Waals surface area (Å²) in [6.45, 7) is 4.86. The highest BCUT2D eigenvalue weighted by Gasteiger charge is 2.27. The number of nitrogens with zero attached hydrogens (tertiary/aromatic N) is 1. The van der Waals surface area contributed by atoms with Crippen molar-refractivity contribution in [3.63, 3.8) is 0 Å². The molecule has 5 nitrogen and oxygen atoms in total. The van der Waals surface area contributed by atoms with E-state index >= 15 is 0 Å². The fraction of sp³-hybridized carbons (Fsp3) is 0.435. The standard InChI is InChI=1S/C23H28FN3O2/c24-19-5-7-21(8-6-19)26-23(28)18-3-1-17(2-4-18)15-25-20-9-12-27(13-10-20)22-11-14-29-16-22/h1-8,20,22,25H,9-16H2,(H,26,28).